The molecule has 1 aromatic rings. The molecule has 1 atom stereocenters. The standard InChI is InChI=1S/C14H13N3O2/c1-2-7-17-13(18)16-12(15)14(17)9-19-8-10-5-3-4-6-11(10)14/h1,3-6H,7-9H2,(H2,15,16,18). The number of carbonyl (C=O) groups is 1. The Morgan fingerprint density at radius 1 is 1.53 bits per heavy atom. The largest absolute Gasteiger partial charge is 0.385 e. The van der Waals surface area contributed by atoms with Crippen molar-refractivity contribution in [2.24, 2.45) is 10.7 Å². The summed E-state index contributed by atoms with van der Waals surface area (Å²) in [4.78, 5) is 17.3. The number of hydrogen-bond donors (Lipinski definition) is 1. The Balaban J connectivity index is 2.20. The van der Waals surface area contributed by atoms with Gasteiger partial charge in [0.25, 0.3) is 0 Å². The molecule has 2 aliphatic rings. The highest BCUT2D eigenvalue weighted by Crippen LogP contribution is 2.39. The van der Waals surface area contributed by atoms with Gasteiger partial charge < -0.3 is 10.5 Å². The lowest BCUT2D eigenvalue weighted by Gasteiger charge is -2.41. The number of amidine groups is 1. The van der Waals surface area contributed by atoms with Gasteiger partial charge in [-0.3, -0.25) is 4.90 Å². The van der Waals surface area contributed by atoms with Crippen LogP contribution < -0.4 is 5.73 Å². The highest BCUT2D eigenvalue weighted by molar-refractivity contribution is 6.06. The molecule has 0 radical (unpaired) electrons. The molecule has 1 unspecified atom stereocenters. The van der Waals surface area contributed by atoms with Gasteiger partial charge in [0.05, 0.1) is 19.8 Å². The normalized spacial score (nSPS) is 25.1. The van der Waals surface area contributed by atoms with Crippen molar-refractivity contribution in [3.8, 4) is 12.3 Å². The number of aliphatic imine (C=N–C) groups is 1. The second kappa shape index (κ2) is 4.11. The molecule has 96 valence electrons. The van der Waals surface area contributed by atoms with E-state index < -0.39 is 11.6 Å². The Labute approximate surface area is 111 Å². The Hall–Kier alpha value is -2.32. The van der Waals surface area contributed by atoms with E-state index in [0.717, 1.165) is 11.1 Å². The number of carbonyl (C=O) groups excluding carboxylic acids is 1. The van der Waals surface area contributed by atoms with E-state index >= 15 is 0 Å². The lowest BCUT2D eigenvalue weighted by atomic mass is 9.83. The zero-order valence-corrected chi connectivity index (χ0v) is 10.3. The van der Waals surface area contributed by atoms with Crippen LogP contribution in [0.3, 0.4) is 0 Å². The average molecular weight is 255 g/mol. The van der Waals surface area contributed by atoms with Crippen LogP contribution in [-0.4, -0.2) is 29.9 Å². The van der Waals surface area contributed by atoms with Crippen molar-refractivity contribution < 1.29 is 9.53 Å². The maximum atomic E-state index is 12.0. The molecule has 2 amide bonds. The molecule has 3 rings (SSSR count). The minimum absolute atomic E-state index is 0.153. The van der Waals surface area contributed by atoms with E-state index in [9.17, 15) is 4.79 Å². The van der Waals surface area contributed by atoms with Crippen molar-refractivity contribution in [1.29, 1.82) is 0 Å². The second-order valence-electron chi connectivity index (χ2n) is 4.58. The second-order valence-corrected chi connectivity index (χ2v) is 4.58. The number of terminal acetylenes is 1. The molecule has 0 fully saturated rings. The van der Waals surface area contributed by atoms with Gasteiger partial charge in [0, 0.05) is 0 Å². The number of benzene rings is 1. The van der Waals surface area contributed by atoms with Crippen LogP contribution in [0.2, 0.25) is 0 Å². The van der Waals surface area contributed by atoms with E-state index in [-0.39, 0.29) is 19.0 Å². The SMILES string of the molecule is C#CCN1C(=O)N=C(N)C12COCc1ccccc12. The molecule has 0 aliphatic carbocycles. The van der Waals surface area contributed by atoms with Crippen molar-refractivity contribution in [3.63, 3.8) is 0 Å². The number of amides is 2. The highest BCUT2D eigenvalue weighted by Gasteiger charge is 2.52. The third kappa shape index (κ3) is 1.47. The van der Waals surface area contributed by atoms with Gasteiger partial charge in [-0.15, -0.1) is 6.42 Å². The minimum atomic E-state index is -0.849. The van der Waals surface area contributed by atoms with Crippen LogP contribution in [0.5, 0.6) is 0 Å². The predicted molar refractivity (Wildman–Crippen MR) is 70.3 cm³/mol. The van der Waals surface area contributed by atoms with Gasteiger partial charge in [0.15, 0.2) is 5.54 Å². The fourth-order valence-electron chi connectivity index (χ4n) is 2.72. The number of fused-ring (bicyclic) bond motifs is 2. The van der Waals surface area contributed by atoms with Crippen LogP contribution >= 0.6 is 0 Å². The first kappa shape index (κ1) is 11.8. The third-order valence-electron chi connectivity index (χ3n) is 3.61. The molecule has 0 aromatic heterocycles. The fourth-order valence-corrected chi connectivity index (χ4v) is 2.72. The zero-order chi connectivity index (χ0) is 13.5. The first-order chi connectivity index (χ1) is 9.20. The summed E-state index contributed by atoms with van der Waals surface area (Å²) in [7, 11) is 0. The molecule has 1 spiro atoms. The Bertz CT molecular complexity index is 617. The maximum absolute atomic E-state index is 12.0. The van der Waals surface area contributed by atoms with E-state index in [2.05, 4.69) is 10.9 Å². The summed E-state index contributed by atoms with van der Waals surface area (Å²) in [6.07, 6.45) is 5.35. The smallest absolute Gasteiger partial charge is 0.347 e. The molecule has 0 saturated heterocycles. The minimum Gasteiger partial charge on any atom is -0.385 e. The Morgan fingerprint density at radius 2 is 2.32 bits per heavy atom. The number of nitrogens with two attached hydrogens (primary N) is 1. The van der Waals surface area contributed by atoms with E-state index in [1.54, 1.807) is 0 Å². The molecular formula is C14H13N3O2. The summed E-state index contributed by atoms with van der Waals surface area (Å²) in [5, 5.41) is 0. The lowest BCUT2D eigenvalue weighted by molar-refractivity contribution is 0.0283. The van der Waals surface area contributed by atoms with Crippen molar-refractivity contribution in [2.45, 2.75) is 12.1 Å². The fraction of sp³-hybridized carbons (Fsp3) is 0.286. The number of nitrogens with zero attached hydrogens (tertiary/aromatic N) is 2. The molecule has 19 heavy (non-hydrogen) atoms. The highest BCUT2D eigenvalue weighted by atomic mass is 16.5. The van der Waals surface area contributed by atoms with Crippen LogP contribution in [0.4, 0.5) is 4.79 Å². The van der Waals surface area contributed by atoms with Crippen LogP contribution in [-0.2, 0) is 16.9 Å². The lowest BCUT2D eigenvalue weighted by Crippen LogP contribution is -2.56. The number of hydrogen-bond acceptors (Lipinski definition) is 3. The predicted octanol–water partition coefficient (Wildman–Crippen LogP) is 0.838. The van der Waals surface area contributed by atoms with E-state index in [1.807, 2.05) is 24.3 Å². The summed E-state index contributed by atoms with van der Waals surface area (Å²) in [5.74, 6) is 2.73. The van der Waals surface area contributed by atoms with Crippen LogP contribution in [0.15, 0.2) is 29.3 Å². The topological polar surface area (TPSA) is 67.9 Å². The summed E-state index contributed by atoms with van der Waals surface area (Å²) >= 11 is 0. The van der Waals surface area contributed by atoms with E-state index in [1.165, 1.54) is 4.90 Å². The molecule has 0 saturated carbocycles. The summed E-state index contributed by atoms with van der Waals surface area (Å²) in [5.41, 5.74) is 7.11. The molecule has 2 N–H and O–H groups in total. The van der Waals surface area contributed by atoms with Crippen molar-refractivity contribution in [1.82, 2.24) is 4.90 Å². The summed E-state index contributed by atoms with van der Waals surface area (Å²) < 4.78 is 5.61. The summed E-state index contributed by atoms with van der Waals surface area (Å²) in [6.45, 7) is 0.941. The van der Waals surface area contributed by atoms with Gasteiger partial charge in [-0.1, -0.05) is 30.2 Å². The van der Waals surface area contributed by atoms with Gasteiger partial charge >= 0.3 is 6.03 Å². The van der Waals surface area contributed by atoms with Gasteiger partial charge in [0.2, 0.25) is 0 Å². The monoisotopic (exact) mass is 255 g/mol. The molecule has 2 aliphatic heterocycles. The van der Waals surface area contributed by atoms with Crippen LogP contribution in [0.1, 0.15) is 11.1 Å². The van der Waals surface area contributed by atoms with E-state index in [0.29, 0.717) is 6.61 Å². The van der Waals surface area contributed by atoms with Gasteiger partial charge in [-0.25, -0.2) is 4.79 Å². The van der Waals surface area contributed by atoms with Crippen LogP contribution in [0, 0.1) is 12.3 Å². The molecule has 5 heteroatoms. The number of ether oxygens (including phenoxy) is 1. The summed E-state index contributed by atoms with van der Waals surface area (Å²) in [6, 6.07) is 7.34. The zero-order valence-electron chi connectivity index (χ0n) is 10.3. The van der Waals surface area contributed by atoms with Crippen molar-refractivity contribution in [2.75, 3.05) is 13.2 Å². The molecule has 5 nitrogen and oxygen atoms in total. The molecule has 2 heterocycles. The van der Waals surface area contributed by atoms with Crippen molar-refractivity contribution in [3.05, 3.63) is 35.4 Å². The first-order valence-corrected chi connectivity index (χ1v) is 5.96. The maximum Gasteiger partial charge on any atom is 0.347 e. The molecular weight excluding hydrogens is 242 g/mol. The Morgan fingerprint density at radius 3 is 3.11 bits per heavy atom. The Kier molecular flexibility index (Phi) is 2.54. The quantitative estimate of drug-likeness (QED) is 0.756. The first-order valence-electron chi connectivity index (χ1n) is 5.96. The van der Waals surface area contributed by atoms with Crippen LogP contribution in [0.25, 0.3) is 0 Å². The van der Waals surface area contributed by atoms with Gasteiger partial charge in [-0.05, 0) is 11.1 Å². The number of rotatable bonds is 1. The average Bonchev–Trinajstić information content (AvgIpc) is 2.65. The van der Waals surface area contributed by atoms with Crippen molar-refractivity contribution >= 4 is 11.9 Å². The number of urea groups is 1. The molecule has 0 bridgehead atoms. The third-order valence-corrected chi connectivity index (χ3v) is 3.61. The van der Waals surface area contributed by atoms with E-state index in [4.69, 9.17) is 16.9 Å². The van der Waals surface area contributed by atoms with Gasteiger partial charge in [-0.2, -0.15) is 4.99 Å². The van der Waals surface area contributed by atoms with Gasteiger partial charge in [0.1, 0.15) is 5.84 Å². The molecule has 1 aromatic carbocycles.